The van der Waals surface area contributed by atoms with E-state index in [4.69, 9.17) is 4.74 Å². The summed E-state index contributed by atoms with van der Waals surface area (Å²) in [4.78, 5) is 12.2. The number of benzene rings is 2. The molecule has 0 fully saturated rings. The quantitative estimate of drug-likeness (QED) is 0.506. The lowest BCUT2D eigenvalue weighted by Gasteiger charge is -2.10. The van der Waals surface area contributed by atoms with Gasteiger partial charge in [-0.15, -0.1) is 10.2 Å². The van der Waals surface area contributed by atoms with Crippen molar-refractivity contribution < 1.29 is 9.53 Å². The summed E-state index contributed by atoms with van der Waals surface area (Å²) < 4.78 is 7.31. The van der Waals surface area contributed by atoms with E-state index in [1.165, 1.54) is 5.56 Å². The number of aromatic nitrogens is 4. The fourth-order valence-corrected chi connectivity index (χ4v) is 2.73. The van der Waals surface area contributed by atoms with Crippen LogP contribution >= 0.6 is 0 Å². The summed E-state index contributed by atoms with van der Waals surface area (Å²) in [5.41, 5.74) is 3.68. The van der Waals surface area contributed by atoms with Crippen molar-refractivity contribution in [2.75, 3.05) is 10.6 Å². The highest BCUT2D eigenvalue weighted by atomic mass is 16.5. The minimum atomic E-state index is -0.313. The van der Waals surface area contributed by atoms with Gasteiger partial charge in [0.1, 0.15) is 5.75 Å². The Hall–Kier alpha value is -4.20. The van der Waals surface area contributed by atoms with Crippen molar-refractivity contribution in [3.63, 3.8) is 0 Å². The first-order valence-electron chi connectivity index (χ1n) is 9.34. The summed E-state index contributed by atoms with van der Waals surface area (Å²) >= 11 is 0. The summed E-state index contributed by atoms with van der Waals surface area (Å²) in [6.07, 6.45) is 3.45. The molecule has 0 unspecified atom stereocenters. The first-order chi connectivity index (χ1) is 14.6. The predicted octanol–water partition coefficient (Wildman–Crippen LogP) is 4.72. The number of urea groups is 1. The molecule has 2 amide bonds. The third-order valence-corrected chi connectivity index (χ3v) is 4.46. The van der Waals surface area contributed by atoms with Crippen LogP contribution < -0.4 is 15.4 Å². The van der Waals surface area contributed by atoms with E-state index in [1.807, 2.05) is 38.1 Å². The summed E-state index contributed by atoms with van der Waals surface area (Å²) in [7, 11) is 0. The molecule has 2 aromatic heterocycles. The molecular weight excluding hydrogens is 380 g/mol. The molecule has 0 aliphatic carbocycles. The number of rotatable bonds is 5. The molecule has 2 N–H and O–H groups in total. The number of carbonyl (C=O) groups is 1. The van der Waals surface area contributed by atoms with Gasteiger partial charge in [0.15, 0.2) is 5.82 Å². The maximum atomic E-state index is 12.2. The van der Waals surface area contributed by atoms with E-state index in [2.05, 4.69) is 25.9 Å². The Morgan fingerprint density at radius 2 is 1.67 bits per heavy atom. The highest BCUT2D eigenvalue weighted by Gasteiger charge is 2.06. The van der Waals surface area contributed by atoms with Crippen LogP contribution in [0.5, 0.6) is 11.6 Å². The van der Waals surface area contributed by atoms with Gasteiger partial charge in [0, 0.05) is 29.8 Å². The third-order valence-electron chi connectivity index (χ3n) is 4.46. The maximum Gasteiger partial charge on any atom is 0.323 e. The van der Waals surface area contributed by atoms with Crippen LogP contribution in [0.1, 0.15) is 11.1 Å². The van der Waals surface area contributed by atoms with Crippen molar-refractivity contribution in [2.24, 2.45) is 0 Å². The lowest BCUT2D eigenvalue weighted by Crippen LogP contribution is -2.19. The van der Waals surface area contributed by atoms with Gasteiger partial charge in [-0.3, -0.25) is 0 Å². The zero-order chi connectivity index (χ0) is 20.9. The molecule has 4 aromatic rings. The first-order valence-corrected chi connectivity index (χ1v) is 9.34. The minimum Gasteiger partial charge on any atom is -0.438 e. The molecule has 0 spiro atoms. The van der Waals surface area contributed by atoms with E-state index < -0.39 is 0 Å². The lowest BCUT2D eigenvalue weighted by molar-refractivity contribution is 0.262. The van der Waals surface area contributed by atoms with Crippen LogP contribution in [0.4, 0.5) is 16.2 Å². The van der Waals surface area contributed by atoms with E-state index in [1.54, 1.807) is 53.5 Å². The highest BCUT2D eigenvalue weighted by Crippen LogP contribution is 2.22. The number of hydrogen-bond donors (Lipinski definition) is 2. The van der Waals surface area contributed by atoms with Crippen LogP contribution in [0.2, 0.25) is 0 Å². The molecule has 0 radical (unpaired) electrons. The van der Waals surface area contributed by atoms with Crippen LogP contribution in [0.15, 0.2) is 73.1 Å². The molecule has 0 aliphatic heterocycles. The van der Waals surface area contributed by atoms with Crippen LogP contribution in [-0.4, -0.2) is 26.0 Å². The zero-order valence-electron chi connectivity index (χ0n) is 16.5. The molecule has 2 heterocycles. The van der Waals surface area contributed by atoms with Crippen LogP contribution in [0.25, 0.3) is 5.82 Å². The van der Waals surface area contributed by atoms with Gasteiger partial charge < -0.3 is 15.4 Å². The standard InChI is InChI=1S/C22H20N6O2/c1-15-4-5-18(14-16(15)2)25-22(29)24-17-6-8-19(9-7-17)30-21-11-10-20(26-27-21)28-13-3-12-23-28/h3-14H,1-2H3,(H2,24,25,29). The monoisotopic (exact) mass is 400 g/mol. The number of nitrogens with zero attached hydrogens (tertiary/aromatic N) is 4. The number of ether oxygens (including phenoxy) is 1. The normalized spacial score (nSPS) is 10.5. The summed E-state index contributed by atoms with van der Waals surface area (Å²) in [5.74, 6) is 1.54. The molecule has 8 nitrogen and oxygen atoms in total. The summed E-state index contributed by atoms with van der Waals surface area (Å²) in [6, 6.07) is 17.8. The van der Waals surface area contributed by atoms with Gasteiger partial charge in [-0.1, -0.05) is 6.07 Å². The summed E-state index contributed by atoms with van der Waals surface area (Å²) in [5, 5.41) is 17.9. The second-order valence-electron chi connectivity index (χ2n) is 6.69. The van der Waals surface area contributed by atoms with Gasteiger partial charge >= 0.3 is 6.03 Å². The maximum absolute atomic E-state index is 12.2. The smallest absolute Gasteiger partial charge is 0.323 e. The van der Waals surface area contributed by atoms with Crippen molar-refractivity contribution >= 4 is 17.4 Å². The van der Waals surface area contributed by atoms with Gasteiger partial charge in [0.05, 0.1) is 0 Å². The van der Waals surface area contributed by atoms with Gasteiger partial charge in [-0.25, -0.2) is 9.48 Å². The second kappa shape index (κ2) is 8.44. The first kappa shape index (κ1) is 19.1. The van der Waals surface area contributed by atoms with Gasteiger partial charge in [0.2, 0.25) is 5.88 Å². The fraction of sp³-hybridized carbons (Fsp3) is 0.0909. The van der Waals surface area contributed by atoms with Crippen molar-refractivity contribution in [3.8, 4) is 17.4 Å². The predicted molar refractivity (Wildman–Crippen MR) is 114 cm³/mol. The van der Waals surface area contributed by atoms with Crippen LogP contribution in [0.3, 0.4) is 0 Å². The van der Waals surface area contributed by atoms with Gasteiger partial charge in [0.25, 0.3) is 0 Å². The Kier molecular flexibility index (Phi) is 5.38. The molecule has 4 rings (SSSR count). The molecule has 0 aliphatic rings. The van der Waals surface area contributed by atoms with Gasteiger partial charge in [-0.2, -0.15) is 5.10 Å². The van der Waals surface area contributed by atoms with Gasteiger partial charge in [-0.05, 0) is 73.5 Å². The molecule has 0 saturated heterocycles. The Morgan fingerprint density at radius 1 is 0.900 bits per heavy atom. The van der Waals surface area contributed by atoms with Crippen molar-refractivity contribution in [2.45, 2.75) is 13.8 Å². The van der Waals surface area contributed by atoms with E-state index in [0.29, 0.717) is 23.1 Å². The van der Waals surface area contributed by atoms with E-state index in [0.717, 1.165) is 11.3 Å². The number of nitrogens with one attached hydrogen (secondary N) is 2. The molecular formula is C22H20N6O2. The summed E-state index contributed by atoms with van der Waals surface area (Å²) in [6.45, 7) is 4.04. The Balaban J connectivity index is 1.34. The molecule has 0 saturated carbocycles. The molecule has 30 heavy (non-hydrogen) atoms. The number of amides is 2. The average molecular weight is 400 g/mol. The largest absolute Gasteiger partial charge is 0.438 e. The Bertz CT molecular complexity index is 1140. The molecule has 0 atom stereocenters. The third kappa shape index (κ3) is 4.61. The van der Waals surface area contributed by atoms with Crippen LogP contribution in [-0.2, 0) is 0 Å². The van der Waals surface area contributed by atoms with E-state index in [-0.39, 0.29) is 6.03 Å². The Morgan fingerprint density at radius 3 is 2.33 bits per heavy atom. The number of anilines is 2. The second-order valence-corrected chi connectivity index (χ2v) is 6.69. The molecule has 0 bridgehead atoms. The molecule has 8 heteroatoms. The Labute approximate surface area is 173 Å². The van der Waals surface area contributed by atoms with Crippen molar-refractivity contribution in [1.82, 2.24) is 20.0 Å². The van der Waals surface area contributed by atoms with Crippen LogP contribution in [0, 0.1) is 13.8 Å². The highest BCUT2D eigenvalue weighted by molar-refractivity contribution is 5.99. The van der Waals surface area contributed by atoms with E-state index in [9.17, 15) is 4.79 Å². The average Bonchev–Trinajstić information content (AvgIpc) is 3.28. The topological polar surface area (TPSA) is 94.0 Å². The molecule has 2 aromatic carbocycles. The number of aryl methyl sites for hydroxylation is 2. The zero-order valence-corrected chi connectivity index (χ0v) is 16.5. The molecule has 150 valence electrons. The number of hydrogen-bond acceptors (Lipinski definition) is 5. The SMILES string of the molecule is Cc1ccc(NC(=O)Nc2ccc(Oc3ccc(-n4cccn4)nn3)cc2)cc1C. The van der Waals surface area contributed by atoms with E-state index >= 15 is 0 Å². The fourth-order valence-electron chi connectivity index (χ4n) is 2.73. The number of carbonyl (C=O) groups excluding carboxylic acids is 1. The lowest BCUT2D eigenvalue weighted by atomic mass is 10.1. The van der Waals surface area contributed by atoms with Crippen molar-refractivity contribution in [3.05, 3.63) is 84.2 Å². The minimum absolute atomic E-state index is 0.313. The van der Waals surface area contributed by atoms with Crippen molar-refractivity contribution in [1.29, 1.82) is 0 Å².